The Bertz CT molecular complexity index is 1120. The summed E-state index contributed by atoms with van der Waals surface area (Å²) in [5.74, 6) is 0.528. The van der Waals surface area contributed by atoms with Crippen molar-refractivity contribution in [2.45, 2.75) is 13.0 Å². The lowest BCUT2D eigenvalue weighted by Gasteiger charge is -2.18. The van der Waals surface area contributed by atoms with E-state index in [4.69, 9.17) is 16.3 Å². The molecule has 0 saturated carbocycles. The van der Waals surface area contributed by atoms with E-state index >= 15 is 0 Å². The number of nitrogens with one attached hydrogen (secondary N) is 2. The van der Waals surface area contributed by atoms with E-state index in [2.05, 4.69) is 10.6 Å². The van der Waals surface area contributed by atoms with Crippen LogP contribution in [0.1, 0.15) is 21.5 Å². The van der Waals surface area contributed by atoms with Crippen molar-refractivity contribution in [3.63, 3.8) is 0 Å². The smallest absolute Gasteiger partial charge is 0.319 e. The highest BCUT2D eigenvalue weighted by molar-refractivity contribution is 6.31. The molecule has 2 N–H and O–H groups in total. The Morgan fingerprint density at radius 3 is 2.65 bits per heavy atom. The van der Waals surface area contributed by atoms with E-state index in [1.807, 2.05) is 48.5 Å². The first-order chi connectivity index (χ1) is 15.0. The molecule has 3 aromatic rings. The zero-order valence-corrected chi connectivity index (χ0v) is 17.8. The van der Waals surface area contributed by atoms with Crippen molar-refractivity contribution in [3.8, 4) is 5.75 Å². The van der Waals surface area contributed by atoms with Crippen molar-refractivity contribution in [2.75, 3.05) is 23.9 Å². The minimum absolute atomic E-state index is 0.0000666. The van der Waals surface area contributed by atoms with Gasteiger partial charge in [0.1, 0.15) is 5.75 Å². The Hall–Kier alpha value is -3.51. The predicted octanol–water partition coefficient (Wildman–Crippen LogP) is 4.87. The maximum Gasteiger partial charge on any atom is 0.319 e. The number of urea groups is 1. The van der Waals surface area contributed by atoms with Gasteiger partial charge < -0.3 is 20.3 Å². The molecule has 0 fully saturated rings. The van der Waals surface area contributed by atoms with E-state index in [1.165, 1.54) is 7.11 Å². The summed E-state index contributed by atoms with van der Waals surface area (Å²) in [5.41, 5.74) is 4.15. The van der Waals surface area contributed by atoms with Crippen molar-refractivity contribution in [2.24, 2.45) is 0 Å². The van der Waals surface area contributed by atoms with E-state index in [9.17, 15) is 9.59 Å². The van der Waals surface area contributed by atoms with Gasteiger partial charge in [0, 0.05) is 29.4 Å². The molecular formula is C24H22ClN3O3. The molecule has 158 valence electrons. The lowest BCUT2D eigenvalue weighted by molar-refractivity contribution is 0.0989. The van der Waals surface area contributed by atoms with Gasteiger partial charge in [-0.25, -0.2) is 4.79 Å². The number of hydrogen-bond donors (Lipinski definition) is 2. The lowest BCUT2D eigenvalue weighted by atomic mass is 10.1. The van der Waals surface area contributed by atoms with Gasteiger partial charge in [0.15, 0.2) is 0 Å². The zero-order valence-electron chi connectivity index (χ0n) is 17.0. The van der Waals surface area contributed by atoms with Gasteiger partial charge in [0.25, 0.3) is 5.91 Å². The van der Waals surface area contributed by atoms with Gasteiger partial charge in [-0.15, -0.1) is 0 Å². The second-order valence-electron chi connectivity index (χ2n) is 7.19. The highest BCUT2D eigenvalue weighted by Gasteiger charge is 2.25. The molecular weight excluding hydrogens is 414 g/mol. The van der Waals surface area contributed by atoms with E-state index in [-0.39, 0.29) is 11.9 Å². The molecule has 0 atom stereocenters. The van der Waals surface area contributed by atoms with E-state index < -0.39 is 0 Å². The first kappa shape index (κ1) is 20.8. The average molecular weight is 436 g/mol. The molecule has 0 aromatic heterocycles. The fraction of sp³-hybridized carbons (Fsp3) is 0.167. The lowest BCUT2D eigenvalue weighted by Crippen LogP contribution is -2.29. The van der Waals surface area contributed by atoms with Crippen molar-refractivity contribution in [1.82, 2.24) is 5.32 Å². The summed E-state index contributed by atoms with van der Waals surface area (Å²) < 4.78 is 5.24. The Kier molecular flexibility index (Phi) is 6.09. The van der Waals surface area contributed by atoms with Gasteiger partial charge in [-0.2, -0.15) is 0 Å². The van der Waals surface area contributed by atoms with Crippen LogP contribution in [0, 0.1) is 0 Å². The van der Waals surface area contributed by atoms with Gasteiger partial charge in [-0.05, 0) is 53.9 Å². The van der Waals surface area contributed by atoms with Gasteiger partial charge in [-0.1, -0.05) is 41.9 Å². The molecule has 6 nitrogen and oxygen atoms in total. The third-order valence-corrected chi connectivity index (χ3v) is 5.40. The molecule has 4 rings (SSSR count). The Balaban J connectivity index is 1.40. The number of anilines is 2. The van der Waals surface area contributed by atoms with Gasteiger partial charge in [0.05, 0.1) is 12.8 Å². The fourth-order valence-electron chi connectivity index (χ4n) is 3.64. The summed E-state index contributed by atoms with van der Waals surface area (Å²) in [5, 5.41) is 6.10. The largest absolute Gasteiger partial charge is 0.495 e. The zero-order chi connectivity index (χ0) is 21.8. The molecule has 0 bridgehead atoms. The minimum atomic E-state index is -0.359. The quantitative estimate of drug-likeness (QED) is 0.600. The van der Waals surface area contributed by atoms with Crippen molar-refractivity contribution in [3.05, 3.63) is 88.4 Å². The highest BCUT2D eigenvalue weighted by atomic mass is 35.5. The number of carbonyl (C=O) groups excluding carboxylic acids is 2. The molecule has 1 heterocycles. The summed E-state index contributed by atoms with van der Waals surface area (Å²) >= 11 is 6.00. The van der Waals surface area contributed by atoms with Crippen LogP contribution in [0.3, 0.4) is 0 Å². The second-order valence-corrected chi connectivity index (χ2v) is 7.62. The van der Waals surface area contributed by atoms with E-state index in [0.29, 0.717) is 35.1 Å². The number of rotatable bonds is 5. The Morgan fingerprint density at radius 2 is 1.87 bits per heavy atom. The number of nitrogens with zero attached hydrogens (tertiary/aromatic N) is 1. The van der Waals surface area contributed by atoms with Crippen LogP contribution in [0.2, 0.25) is 5.02 Å². The van der Waals surface area contributed by atoms with Crippen LogP contribution in [0.25, 0.3) is 0 Å². The summed E-state index contributed by atoms with van der Waals surface area (Å²) in [6.45, 7) is 1.00. The number of benzene rings is 3. The van der Waals surface area contributed by atoms with E-state index in [1.54, 1.807) is 23.1 Å². The molecule has 3 amide bonds. The molecule has 7 heteroatoms. The molecule has 0 spiro atoms. The number of carbonyl (C=O) groups is 2. The first-order valence-electron chi connectivity index (χ1n) is 9.92. The number of fused-ring (bicyclic) bond motifs is 1. The molecule has 1 aliphatic rings. The Labute approximate surface area is 185 Å². The van der Waals surface area contributed by atoms with Gasteiger partial charge in [0.2, 0.25) is 0 Å². The summed E-state index contributed by atoms with van der Waals surface area (Å²) in [6, 6.07) is 19.8. The molecule has 31 heavy (non-hydrogen) atoms. The van der Waals surface area contributed by atoms with Crippen LogP contribution in [-0.4, -0.2) is 25.6 Å². The van der Waals surface area contributed by atoms with Crippen LogP contribution in [0.15, 0.2) is 66.7 Å². The summed E-state index contributed by atoms with van der Waals surface area (Å²) in [4.78, 5) is 26.9. The second kappa shape index (κ2) is 9.10. The Morgan fingerprint density at radius 1 is 1.06 bits per heavy atom. The highest BCUT2D eigenvalue weighted by Crippen LogP contribution is 2.30. The fourth-order valence-corrected chi connectivity index (χ4v) is 3.81. The number of methoxy groups -OCH3 is 1. The van der Waals surface area contributed by atoms with Crippen molar-refractivity contribution >= 4 is 34.9 Å². The normalized spacial score (nSPS) is 12.3. The topological polar surface area (TPSA) is 70.7 Å². The third-order valence-electron chi connectivity index (χ3n) is 5.17. The van der Waals surface area contributed by atoms with Gasteiger partial charge >= 0.3 is 6.03 Å². The monoisotopic (exact) mass is 435 g/mol. The van der Waals surface area contributed by atoms with Crippen LogP contribution >= 0.6 is 11.6 Å². The molecule has 1 aliphatic heterocycles. The van der Waals surface area contributed by atoms with Crippen molar-refractivity contribution < 1.29 is 14.3 Å². The first-order valence-corrected chi connectivity index (χ1v) is 10.3. The van der Waals surface area contributed by atoms with Crippen LogP contribution in [0.4, 0.5) is 16.2 Å². The molecule has 0 unspecified atom stereocenters. The predicted molar refractivity (Wildman–Crippen MR) is 122 cm³/mol. The van der Waals surface area contributed by atoms with Crippen LogP contribution in [0.5, 0.6) is 5.75 Å². The van der Waals surface area contributed by atoms with Gasteiger partial charge in [-0.3, -0.25) is 4.79 Å². The minimum Gasteiger partial charge on any atom is -0.495 e. The molecule has 3 aromatic carbocycles. The average Bonchev–Trinajstić information content (AvgIpc) is 3.21. The molecule has 0 aliphatic carbocycles. The summed E-state index contributed by atoms with van der Waals surface area (Å²) in [7, 11) is 1.53. The van der Waals surface area contributed by atoms with Crippen LogP contribution < -0.4 is 20.3 Å². The van der Waals surface area contributed by atoms with Crippen molar-refractivity contribution in [1.29, 1.82) is 0 Å². The SMILES string of the molecule is COc1ccc(Cl)cc1NC(=O)NCc1ccc2c(c1)CCN2C(=O)c1ccccc1. The molecule has 0 radical (unpaired) electrons. The number of halogens is 1. The third kappa shape index (κ3) is 4.64. The van der Waals surface area contributed by atoms with E-state index in [0.717, 1.165) is 23.2 Å². The number of amides is 3. The standard InChI is InChI=1S/C24H22ClN3O3/c1-31-22-10-8-19(25)14-20(22)27-24(30)26-15-16-7-9-21-18(13-16)11-12-28(21)23(29)17-5-3-2-4-6-17/h2-10,13-14H,11-12,15H2,1H3,(H2,26,27,30). The number of hydrogen-bond acceptors (Lipinski definition) is 3. The summed E-state index contributed by atoms with van der Waals surface area (Å²) in [6.07, 6.45) is 0.785. The maximum atomic E-state index is 12.8. The van der Waals surface area contributed by atoms with Crippen LogP contribution in [-0.2, 0) is 13.0 Å². The molecule has 0 saturated heterocycles. The maximum absolute atomic E-state index is 12.8. The number of ether oxygens (including phenoxy) is 1.